The first kappa shape index (κ1) is 16.7. The minimum atomic E-state index is 0.682. The maximum Gasteiger partial charge on any atom is 0.227 e. The minimum Gasteiger partial charge on any atom is -0.437 e. The number of hydrogen-bond acceptors (Lipinski definition) is 2. The molecule has 0 atom stereocenters. The first-order valence-corrected chi connectivity index (χ1v) is 9.46. The van der Waals surface area contributed by atoms with Crippen LogP contribution in [0.4, 0.5) is 0 Å². The van der Waals surface area contributed by atoms with Gasteiger partial charge in [-0.25, -0.2) is 9.55 Å². The van der Waals surface area contributed by atoms with Crippen LogP contribution < -0.4 is 4.57 Å². The van der Waals surface area contributed by atoms with Crippen LogP contribution >= 0.6 is 0 Å². The Labute approximate surface area is 163 Å². The first-order chi connectivity index (χ1) is 13.6. The van der Waals surface area contributed by atoms with Crippen LogP contribution in [0.1, 0.15) is 11.1 Å². The summed E-state index contributed by atoms with van der Waals surface area (Å²) in [5, 5.41) is 2.15. The van der Waals surface area contributed by atoms with Crippen molar-refractivity contribution < 1.29 is 8.98 Å². The van der Waals surface area contributed by atoms with Gasteiger partial charge in [0.2, 0.25) is 11.4 Å². The largest absolute Gasteiger partial charge is 0.437 e. The molecule has 5 rings (SSSR count). The maximum atomic E-state index is 6.21. The standard InChI is InChI=1S/C25H21N2O/c1-16-6-9-18(10-7-16)19-12-14-27(3)22(15-19)23-17(2)8-11-20-21-5-4-13-26-25(21)28-24(20)23/h4-15H,1-3H3/q+1. The number of fused-ring (bicyclic) bond motifs is 3. The lowest BCUT2D eigenvalue weighted by molar-refractivity contribution is -0.660. The predicted octanol–water partition coefficient (Wildman–Crippen LogP) is 5.76. The zero-order valence-electron chi connectivity index (χ0n) is 16.2. The van der Waals surface area contributed by atoms with Crippen LogP contribution in [0.25, 0.3) is 44.5 Å². The quantitative estimate of drug-likeness (QED) is 0.373. The molecule has 28 heavy (non-hydrogen) atoms. The first-order valence-electron chi connectivity index (χ1n) is 9.46. The summed E-state index contributed by atoms with van der Waals surface area (Å²) in [5.41, 5.74) is 8.67. The average molecular weight is 365 g/mol. The molecule has 136 valence electrons. The van der Waals surface area contributed by atoms with E-state index in [-0.39, 0.29) is 0 Å². The highest BCUT2D eigenvalue weighted by atomic mass is 16.3. The number of nitrogens with zero attached hydrogens (tertiary/aromatic N) is 2. The summed E-state index contributed by atoms with van der Waals surface area (Å²) in [6.07, 6.45) is 3.89. The van der Waals surface area contributed by atoms with Crippen molar-refractivity contribution in [2.24, 2.45) is 7.05 Å². The Morgan fingerprint density at radius 2 is 1.68 bits per heavy atom. The lowest BCUT2D eigenvalue weighted by atomic mass is 9.98. The summed E-state index contributed by atoms with van der Waals surface area (Å²) in [5.74, 6) is 0. The van der Waals surface area contributed by atoms with E-state index in [0.29, 0.717) is 5.71 Å². The van der Waals surface area contributed by atoms with E-state index in [0.717, 1.165) is 27.6 Å². The number of furan rings is 1. The minimum absolute atomic E-state index is 0.682. The van der Waals surface area contributed by atoms with Gasteiger partial charge in [-0.1, -0.05) is 42.0 Å². The highest BCUT2D eigenvalue weighted by molar-refractivity contribution is 6.08. The molecule has 3 heteroatoms. The van der Waals surface area contributed by atoms with Crippen LogP contribution in [-0.4, -0.2) is 4.98 Å². The monoisotopic (exact) mass is 365 g/mol. The molecule has 3 nitrogen and oxygen atoms in total. The topological polar surface area (TPSA) is 29.9 Å². The summed E-state index contributed by atoms with van der Waals surface area (Å²) in [7, 11) is 2.08. The van der Waals surface area contributed by atoms with Crippen LogP contribution in [0, 0.1) is 13.8 Å². The van der Waals surface area contributed by atoms with E-state index < -0.39 is 0 Å². The molecule has 3 heterocycles. The molecule has 0 spiro atoms. The van der Waals surface area contributed by atoms with Gasteiger partial charge in [-0.15, -0.1) is 0 Å². The van der Waals surface area contributed by atoms with Gasteiger partial charge in [0, 0.05) is 29.1 Å². The molecule has 0 bridgehead atoms. The normalized spacial score (nSPS) is 11.4. The molecule has 0 aliphatic carbocycles. The molecule has 3 aromatic heterocycles. The molecule has 0 saturated heterocycles. The number of benzene rings is 2. The summed E-state index contributed by atoms with van der Waals surface area (Å²) in [4.78, 5) is 4.41. The van der Waals surface area contributed by atoms with Gasteiger partial charge >= 0.3 is 0 Å². The molecule has 0 saturated carbocycles. The van der Waals surface area contributed by atoms with E-state index in [1.165, 1.54) is 22.3 Å². The van der Waals surface area contributed by atoms with E-state index in [9.17, 15) is 0 Å². The van der Waals surface area contributed by atoms with Crippen molar-refractivity contribution >= 4 is 22.1 Å². The molecule has 5 aromatic rings. The van der Waals surface area contributed by atoms with Crippen LogP contribution in [0.5, 0.6) is 0 Å². The number of aryl methyl sites for hydroxylation is 3. The number of rotatable bonds is 2. The van der Waals surface area contributed by atoms with Crippen molar-refractivity contribution in [2.75, 3.05) is 0 Å². The highest BCUT2D eigenvalue weighted by Gasteiger charge is 2.21. The van der Waals surface area contributed by atoms with Crippen molar-refractivity contribution in [1.82, 2.24) is 4.98 Å². The molecular formula is C25H21N2O+. The van der Waals surface area contributed by atoms with Crippen molar-refractivity contribution in [3.05, 3.63) is 84.2 Å². The molecular weight excluding hydrogens is 344 g/mol. The van der Waals surface area contributed by atoms with Crippen LogP contribution in [0.3, 0.4) is 0 Å². The summed E-state index contributed by atoms with van der Waals surface area (Å²) < 4.78 is 8.36. The maximum absolute atomic E-state index is 6.21. The van der Waals surface area contributed by atoms with Gasteiger partial charge in [-0.3, -0.25) is 0 Å². The van der Waals surface area contributed by atoms with E-state index in [1.807, 2.05) is 6.07 Å². The second kappa shape index (κ2) is 6.31. The predicted molar refractivity (Wildman–Crippen MR) is 113 cm³/mol. The van der Waals surface area contributed by atoms with Gasteiger partial charge < -0.3 is 4.42 Å². The molecule has 0 aliphatic heterocycles. The van der Waals surface area contributed by atoms with Gasteiger partial charge in [0.05, 0.1) is 5.56 Å². The fourth-order valence-electron chi connectivity index (χ4n) is 3.84. The van der Waals surface area contributed by atoms with Crippen molar-refractivity contribution in [3.63, 3.8) is 0 Å². The van der Waals surface area contributed by atoms with Gasteiger partial charge in [0.25, 0.3) is 0 Å². The Bertz CT molecular complexity index is 1330. The molecule has 0 amide bonds. The fraction of sp³-hybridized carbons (Fsp3) is 0.120. The Morgan fingerprint density at radius 1 is 0.857 bits per heavy atom. The fourth-order valence-corrected chi connectivity index (χ4v) is 3.84. The number of pyridine rings is 2. The molecule has 0 aliphatic rings. The zero-order valence-corrected chi connectivity index (χ0v) is 16.2. The highest BCUT2D eigenvalue weighted by Crippen LogP contribution is 2.36. The molecule has 2 aromatic carbocycles. The lowest BCUT2D eigenvalue weighted by Gasteiger charge is -2.08. The van der Waals surface area contributed by atoms with Crippen LogP contribution in [-0.2, 0) is 7.05 Å². The molecule has 0 N–H and O–H groups in total. The van der Waals surface area contributed by atoms with Gasteiger partial charge in [-0.05, 0) is 42.7 Å². The second-order valence-electron chi connectivity index (χ2n) is 7.37. The van der Waals surface area contributed by atoms with Gasteiger partial charge in [-0.2, -0.15) is 0 Å². The van der Waals surface area contributed by atoms with E-state index in [2.05, 4.69) is 91.2 Å². The van der Waals surface area contributed by atoms with Crippen molar-refractivity contribution in [2.45, 2.75) is 13.8 Å². The average Bonchev–Trinajstić information content (AvgIpc) is 3.08. The van der Waals surface area contributed by atoms with Crippen molar-refractivity contribution in [1.29, 1.82) is 0 Å². The van der Waals surface area contributed by atoms with Crippen LogP contribution in [0.15, 0.2) is 77.5 Å². The Kier molecular flexibility index (Phi) is 3.76. The smallest absolute Gasteiger partial charge is 0.227 e. The number of aromatic nitrogens is 2. The van der Waals surface area contributed by atoms with Gasteiger partial charge in [0.15, 0.2) is 11.8 Å². The molecule has 0 fully saturated rings. The SMILES string of the molecule is Cc1ccc(-c2cc[n+](C)c(-c3c(C)ccc4c3oc3ncccc34)c2)cc1. The molecule has 0 unspecified atom stereocenters. The summed E-state index contributed by atoms with van der Waals surface area (Å²) in [6.45, 7) is 4.24. The third-order valence-corrected chi connectivity index (χ3v) is 5.42. The molecule has 0 radical (unpaired) electrons. The Morgan fingerprint density at radius 3 is 2.50 bits per heavy atom. The van der Waals surface area contributed by atoms with E-state index in [4.69, 9.17) is 4.42 Å². The van der Waals surface area contributed by atoms with Crippen LogP contribution in [0.2, 0.25) is 0 Å². The zero-order chi connectivity index (χ0) is 19.3. The third-order valence-electron chi connectivity index (χ3n) is 5.42. The summed E-state index contributed by atoms with van der Waals surface area (Å²) >= 11 is 0. The third kappa shape index (κ3) is 2.59. The Balaban J connectivity index is 1.79. The second-order valence-corrected chi connectivity index (χ2v) is 7.37. The lowest BCUT2D eigenvalue weighted by Crippen LogP contribution is -2.30. The Hall–Kier alpha value is -3.46. The van der Waals surface area contributed by atoms with Gasteiger partial charge in [0.1, 0.15) is 7.05 Å². The summed E-state index contributed by atoms with van der Waals surface area (Å²) in [6, 6.07) is 21.4. The van der Waals surface area contributed by atoms with Crippen molar-refractivity contribution in [3.8, 4) is 22.4 Å². The van der Waals surface area contributed by atoms with E-state index >= 15 is 0 Å². The number of hydrogen-bond donors (Lipinski definition) is 0. The van der Waals surface area contributed by atoms with E-state index in [1.54, 1.807) is 6.20 Å².